The second-order valence-electron chi connectivity index (χ2n) is 9.83. The minimum Gasteiger partial charge on any atom is -0.493 e. The van der Waals surface area contributed by atoms with Gasteiger partial charge in [0.1, 0.15) is 6.54 Å². The molecule has 0 radical (unpaired) electrons. The van der Waals surface area contributed by atoms with Gasteiger partial charge in [-0.2, -0.15) is 0 Å². The van der Waals surface area contributed by atoms with E-state index in [0.29, 0.717) is 30.2 Å². The SMILES string of the molecule is COc1ccc(CCNC(=O)c2ccccc2NC(=O)CN(c2cccc(C)c2C)S(=O)(=O)c2ccccc2)cc1OC. The van der Waals surface area contributed by atoms with Gasteiger partial charge in [-0.3, -0.25) is 13.9 Å². The van der Waals surface area contributed by atoms with Crippen LogP contribution in [0.15, 0.2) is 95.9 Å². The van der Waals surface area contributed by atoms with Gasteiger partial charge < -0.3 is 20.1 Å². The Kier molecular flexibility index (Phi) is 10.0. The number of benzene rings is 4. The molecule has 0 aliphatic rings. The van der Waals surface area contributed by atoms with E-state index in [4.69, 9.17) is 9.47 Å². The molecule has 0 aliphatic carbocycles. The zero-order valence-electron chi connectivity index (χ0n) is 24.6. The van der Waals surface area contributed by atoms with E-state index in [1.54, 1.807) is 74.9 Å². The Labute approximate surface area is 252 Å². The lowest BCUT2D eigenvalue weighted by atomic mass is 10.1. The molecule has 0 aliphatic heterocycles. The number of anilines is 2. The van der Waals surface area contributed by atoms with Crippen LogP contribution >= 0.6 is 0 Å². The molecule has 0 fully saturated rings. The summed E-state index contributed by atoms with van der Waals surface area (Å²) in [4.78, 5) is 26.6. The Hall–Kier alpha value is -4.83. The van der Waals surface area contributed by atoms with E-state index in [-0.39, 0.29) is 22.1 Å². The van der Waals surface area contributed by atoms with E-state index < -0.39 is 22.5 Å². The summed E-state index contributed by atoms with van der Waals surface area (Å²) in [5.74, 6) is 0.252. The summed E-state index contributed by atoms with van der Waals surface area (Å²) in [7, 11) is -0.949. The fourth-order valence-corrected chi connectivity index (χ4v) is 6.09. The predicted molar refractivity (Wildman–Crippen MR) is 168 cm³/mol. The Morgan fingerprint density at radius 3 is 2.23 bits per heavy atom. The third-order valence-corrected chi connectivity index (χ3v) is 8.83. The molecule has 0 aromatic heterocycles. The third kappa shape index (κ3) is 7.34. The summed E-state index contributed by atoms with van der Waals surface area (Å²) in [6.45, 7) is 3.55. The maximum Gasteiger partial charge on any atom is 0.264 e. The van der Waals surface area contributed by atoms with Crippen LogP contribution in [-0.4, -0.2) is 47.5 Å². The average Bonchev–Trinajstić information content (AvgIpc) is 3.02. The minimum atomic E-state index is -4.08. The summed E-state index contributed by atoms with van der Waals surface area (Å²) in [6, 6.07) is 25.4. The molecule has 9 nitrogen and oxygen atoms in total. The number of methoxy groups -OCH3 is 2. The van der Waals surface area contributed by atoms with Gasteiger partial charge in [-0.05, 0) is 79.4 Å². The van der Waals surface area contributed by atoms with Crippen molar-refractivity contribution in [2.24, 2.45) is 0 Å². The van der Waals surface area contributed by atoms with Gasteiger partial charge >= 0.3 is 0 Å². The average molecular weight is 602 g/mol. The molecule has 43 heavy (non-hydrogen) atoms. The zero-order chi connectivity index (χ0) is 31.0. The fraction of sp³-hybridized carbons (Fsp3) is 0.212. The topological polar surface area (TPSA) is 114 Å². The highest BCUT2D eigenvalue weighted by Crippen LogP contribution is 2.29. The standard InChI is InChI=1S/C33H35N3O6S/c1-23-11-10-16-29(24(23)2)36(43(39,40)26-12-6-5-7-13-26)22-32(37)35-28-15-9-8-14-27(28)33(38)34-20-19-25-17-18-30(41-3)31(21-25)42-4/h5-18,21H,19-20,22H2,1-4H3,(H,34,38)(H,35,37). The summed E-state index contributed by atoms with van der Waals surface area (Å²) in [6.07, 6.45) is 0.544. The monoisotopic (exact) mass is 601 g/mol. The maximum absolute atomic E-state index is 13.7. The van der Waals surface area contributed by atoms with Crippen LogP contribution in [0.3, 0.4) is 0 Å². The van der Waals surface area contributed by atoms with Crippen molar-refractivity contribution < 1.29 is 27.5 Å². The molecule has 2 N–H and O–H groups in total. The van der Waals surface area contributed by atoms with Crippen molar-refractivity contribution in [3.63, 3.8) is 0 Å². The quantitative estimate of drug-likeness (QED) is 0.233. The molecular formula is C33H35N3O6S. The number of ether oxygens (including phenoxy) is 2. The molecule has 4 aromatic rings. The predicted octanol–water partition coefficient (Wildman–Crippen LogP) is 5.13. The van der Waals surface area contributed by atoms with Crippen LogP contribution in [0.1, 0.15) is 27.0 Å². The number of nitrogens with one attached hydrogen (secondary N) is 2. The molecule has 0 saturated carbocycles. The molecule has 224 valence electrons. The van der Waals surface area contributed by atoms with Gasteiger partial charge in [0, 0.05) is 6.54 Å². The van der Waals surface area contributed by atoms with E-state index in [1.807, 2.05) is 32.0 Å². The minimum absolute atomic E-state index is 0.0676. The Morgan fingerprint density at radius 2 is 1.51 bits per heavy atom. The molecule has 0 atom stereocenters. The second kappa shape index (κ2) is 13.9. The number of carbonyl (C=O) groups excluding carboxylic acids is 2. The molecule has 4 aromatic carbocycles. The van der Waals surface area contributed by atoms with Crippen LogP contribution in [0.5, 0.6) is 11.5 Å². The van der Waals surface area contributed by atoms with E-state index in [2.05, 4.69) is 10.6 Å². The van der Waals surface area contributed by atoms with Crippen molar-refractivity contribution in [3.05, 3.63) is 113 Å². The highest BCUT2D eigenvalue weighted by molar-refractivity contribution is 7.92. The number of amides is 2. The first-order valence-electron chi connectivity index (χ1n) is 13.7. The lowest BCUT2D eigenvalue weighted by Gasteiger charge is -2.26. The number of para-hydroxylation sites is 1. The summed E-state index contributed by atoms with van der Waals surface area (Å²) >= 11 is 0. The van der Waals surface area contributed by atoms with Gasteiger partial charge in [-0.15, -0.1) is 0 Å². The van der Waals surface area contributed by atoms with Gasteiger partial charge in [0.2, 0.25) is 5.91 Å². The van der Waals surface area contributed by atoms with Crippen LogP contribution in [-0.2, 0) is 21.2 Å². The summed E-state index contributed by atoms with van der Waals surface area (Å²) in [5.41, 5.74) is 3.51. The lowest BCUT2D eigenvalue weighted by Crippen LogP contribution is -2.39. The van der Waals surface area contributed by atoms with Gasteiger partial charge in [-0.1, -0.05) is 48.5 Å². The van der Waals surface area contributed by atoms with Crippen molar-refractivity contribution in [3.8, 4) is 11.5 Å². The molecule has 0 spiro atoms. The Bertz CT molecular complexity index is 1710. The van der Waals surface area contributed by atoms with Crippen LogP contribution in [0.25, 0.3) is 0 Å². The van der Waals surface area contributed by atoms with Gasteiger partial charge in [0.05, 0.1) is 36.1 Å². The van der Waals surface area contributed by atoms with E-state index in [0.717, 1.165) is 21.0 Å². The van der Waals surface area contributed by atoms with Crippen molar-refractivity contribution >= 4 is 33.2 Å². The van der Waals surface area contributed by atoms with E-state index in [9.17, 15) is 18.0 Å². The molecule has 0 bridgehead atoms. The molecule has 4 rings (SSSR count). The highest BCUT2D eigenvalue weighted by Gasteiger charge is 2.29. The maximum atomic E-state index is 13.7. The number of aryl methyl sites for hydroxylation is 1. The van der Waals surface area contributed by atoms with Crippen LogP contribution < -0.4 is 24.4 Å². The Morgan fingerprint density at radius 1 is 0.814 bits per heavy atom. The fourth-order valence-electron chi connectivity index (χ4n) is 4.59. The number of nitrogens with zero attached hydrogens (tertiary/aromatic N) is 1. The van der Waals surface area contributed by atoms with Gasteiger partial charge in [0.25, 0.3) is 15.9 Å². The van der Waals surface area contributed by atoms with Crippen molar-refractivity contribution in [1.29, 1.82) is 0 Å². The zero-order valence-corrected chi connectivity index (χ0v) is 25.4. The second-order valence-corrected chi connectivity index (χ2v) is 11.7. The molecular weight excluding hydrogens is 566 g/mol. The first kappa shape index (κ1) is 31.1. The molecule has 0 heterocycles. The number of hydrogen-bond acceptors (Lipinski definition) is 6. The Balaban J connectivity index is 1.51. The number of carbonyl (C=O) groups is 2. The first-order valence-corrected chi connectivity index (χ1v) is 15.1. The van der Waals surface area contributed by atoms with Gasteiger partial charge in [0.15, 0.2) is 11.5 Å². The molecule has 0 unspecified atom stereocenters. The molecule has 2 amide bonds. The van der Waals surface area contributed by atoms with Crippen molar-refractivity contribution in [1.82, 2.24) is 5.32 Å². The van der Waals surface area contributed by atoms with Gasteiger partial charge in [-0.25, -0.2) is 8.42 Å². The van der Waals surface area contributed by atoms with Crippen LogP contribution in [0.2, 0.25) is 0 Å². The van der Waals surface area contributed by atoms with Crippen LogP contribution in [0, 0.1) is 13.8 Å². The van der Waals surface area contributed by atoms with Crippen molar-refractivity contribution in [2.45, 2.75) is 25.2 Å². The highest BCUT2D eigenvalue weighted by atomic mass is 32.2. The molecule has 0 saturated heterocycles. The normalized spacial score (nSPS) is 11.0. The number of sulfonamides is 1. The third-order valence-electron chi connectivity index (χ3n) is 7.06. The van der Waals surface area contributed by atoms with Crippen molar-refractivity contribution in [2.75, 3.05) is 36.9 Å². The van der Waals surface area contributed by atoms with E-state index >= 15 is 0 Å². The summed E-state index contributed by atoms with van der Waals surface area (Å²) < 4.78 is 39.2. The first-order chi connectivity index (χ1) is 20.6. The van der Waals surface area contributed by atoms with Crippen LogP contribution in [0.4, 0.5) is 11.4 Å². The molecule has 10 heteroatoms. The number of hydrogen-bond donors (Lipinski definition) is 2. The van der Waals surface area contributed by atoms with E-state index in [1.165, 1.54) is 12.1 Å². The largest absolute Gasteiger partial charge is 0.493 e. The lowest BCUT2D eigenvalue weighted by molar-refractivity contribution is -0.114. The smallest absolute Gasteiger partial charge is 0.264 e. The number of rotatable bonds is 12. The summed E-state index contributed by atoms with van der Waals surface area (Å²) in [5, 5.41) is 5.63.